The monoisotopic (exact) mass is 264 g/mol. The number of aliphatic carboxylic acids is 1. The van der Waals surface area contributed by atoms with Crippen LogP contribution in [0, 0.1) is 5.41 Å². The van der Waals surface area contributed by atoms with Crippen LogP contribution in [0.5, 0.6) is 0 Å². The van der Waals surface area contributed by atoms with E-state index in [2.05, 4.69) is 5.32 Å². The molecule has 19 heavy (non-hydrogen) atoms. The van der Waals surface area contributed by atoms with Crippen LogP contribution in [0.15, 0.2) is 30.3 Å². The van der Waals surface area contributed by atoms with Gasteiger partial charge in [0.25, 0.3) is 0 Å². The van der Waals surface area contributed by atoms with E-state index in [0.717, 1.165) is 5.56 Å². The van der Waals surface area contributed by atoms with Gasteiger partial charge in [-0.2, -0.15) is 0 Å². The molecule has 0 unspecified atom stereocenters. The second-order valence-electron chi connectivity index (χ2n) is 5.19. The summed E-state index contributed by atoms with van der Waals surface area (Å²) in [6, 6.07) is 9.33. The molecule has 5 heteroatoms. The zero-order valence-corrected chi connectivity index (χ0v) is 11.5. The smallest absolute Gasteiger partial charge is 0.317 e. The molecule has 0 spiro atoms. The molecule has 0 saturated carbocycles. The lowest BCUT2D eigenvalue weighted by molar-refractivity contribution is -0.146. The Morgan fingerprint density at radius 2 is 1.84 bits per heavy atom. The van der Waals surface area contributed by atoms with E-state index in [-0.39, 0.29) is 12.6 Å². The van der Waals surface area contributed by atoms with Crippen LogP contribution in [0.4, 0.5) is 4.79 Å². The van der Waals surface area contributed by atoms with E-state index in [9.17, 15) is 9.59 Å². The molecule has 104 valence electrons. The molecule has 5 nitrogen and oxygen atoms in total. The van der Waals surface area contributed by atoms with Crippen molar-refractivity contribution in [1.29, 1.82) is 0 Å². The number of carboxylic acid groups (broad SMARTS) is 1. The second kappa shape index (κ2) is 6.22. The summed E-state index contributed by atoms with van der Waals surface area (Å²) in [6.07, 6.45) is 0. The lowest BCUT2D eigenvalue weighted by Crippen LogP contribution is -2.43. The van der Waals surface area contributed by atoms with Gasteiger partial charge in [0.05, 0.1) is 5.41 Å². The maximum Gasteiger partial charge on any atom is 0.317 e. The van der Waals surface area contributed by atoms with E-state index in [1.807, 2.05) is 30.3 Å². The van der Waals surface area contributed by atoms with Gasteiger partial charge in [-0.05, 0) is 19.4 Å². The molecule has 0 saturated heterocycles. The van der Waals surface area contributed by atoms with Crippen molar-refractivity contribution < 1.29 is 14.7 Å². The Labute approximate surface area is 113 Å². The molecule has 2 N–H and O–H groups in total. The average molecular weight is 264 g/mol. The first-order chi connectivity index (χ1) is 8.83. The molecule has 0 fully saturated rings. The molecule has 1 aromatic carbocycles. The first kappa shape index (κ1) is 15.0. The third kappa shape index (κ3) is 4.62. The number of urea groups is 1. The highest BCUT2D eigenvalue weighted by atomic mass is 16.4. The maximum atomic E-state index is 11.8. The summed E-state index contributed by atoms with van der Waals surface area (Å²) < 4.78 is 0. The SMILES string of the molecule is CN(Cc1ccccc1)C(=O)NCC(C)(C)C(=O)O. The number of hydrogen-bond acceptors (Lipinski definition) is 2. The first-order valence-electron chi connectivity index (χ1n) is 6.09. The van der Waals surface area contributed by atoms with Gasteiger partial charge in [0.15, 0.2) is 0 Å². The van der Waals surface area contributed by atoms with Gasteiger partial charge >= 0.3 is 12.0 Å². The molecule has 1 rings (SSSR count). The summed E-state index contributed by atoms with van der Waals surface area (Å²) in [6.45, 7) is 3.74. The number of nitrogens with zero attached hydrogens (tertiary/aromatic N) is 1. The summed E-state index contributed by atoms with van der Waals surface area (Å²) in [7, 11) is 1.68. The number of nitrogens with one attached hydrogen (secondary N) is 1. The van der Waals surface area contributed by atoms with Crippen molar-refractivity contribution in [3.05, 3.63) is 35.9 Å². The Bertz CT molecular complexity index is 443. The summed E-state index contributed by atoms with van der Waals surface area (Å²) in [5.74, 6) is -0.932. The van der Waals surface area contributed by atoms with Crippen LogP contribution in [0.2, 0.25) is 0 Å². The highest BCUT2D eigenvalue weighted by Gasteiger charge is 2.27. The molecule has 0 aliphatic carbocycles. The fourth-order valence-corrected chi connectivity index (χ4v) is 1.44. The summed E-state index contributed by atoms with van der Waals surface area (Å²) in [5.41, 5.74) is 0.0566. The largest absolute Gasteiger partial charge is 0.481 e. The molecular formula is C14H20N2O3. The number of amides is 2. The van der Waals surface area contributed by atoms with Gasteiger partial charge in [0.1, 0.15) is 0 Å². The van der Waals surface area contributed by atoms with Crippen LogP contribution in [-0.2, 0) is 11.3 Å². The minimum absolute atomic E-state index is 0.0975. The summed E-state index contributed by atoms with van der Waals surface area (Å²) in [4.78, 5) is 24.3. The van der Waals surface area contributed by atoms with E-state index >= 15 is 0 Å². The Morgan fingerprint density at radius 1 is 1.26 bits per heavy atom. The Hall–Kier alpha value is -2.04. The molecule has 2 amide bonds. The van der Waals surface area contributed by atoms with Crippen molar-refractivity contribution in [2.24, 2.45) is 5.41 Å². The third-order valence-corrected chi connectivity index (χ3v) is 2.87. The predicted octanol–water partition coefficient (Wildman–Crippen LogP) is 1.94. The van der Waals surface area contributed by atoms with Crippen molar-refractivity contribution in [1.82, 2.24) is 10.2 Å². The number of carbonyl (C=O) groups excluding carboxylic acids is 1. The van der Waals surface area contributed by atoms with Crippen molar-refractivity contribution in [3.8, 4) is 0 Å². The van der Waals surface area contributed by atoms with Gasteiger partial charge in [0.2, 0.25) is 0 Å². The molecule has 0 aliphatic heterocycles. The normalized spacial score (nSPS) is 10.9. The average Bonchev–Trinajstić information content (AvgIpc) is 2.37. The van der Waals surface area contributed by atoms with Crippen LogP contribution in [-0.4, -0.2) is 35.6 Å². The van der Waals surface area contributed by atoms with Crippen molar-refractivity contribution in [2.45, 2.75) is 20.4 Å². The zero-order chi connectivity index (χ0) is 14.5. The van der Waals surface area contributed by atoms with Crippen LogP contribution in [0.1, 0.15) is 19.4 Å². The molecule has 0 aromatic heterocycles. The molecule has 0 radical (unpaired) electrons. The fourth-order valence-electron chi connectivity index (χ4n) is 1.44. The van der Waals surface area contributed by atoms with E-state index in [1.54, 1.807) is 20.9 Å². The summed E-state index contributed by atoms with van der Waals surface area (Å²) >= 11 is 0. The Morgan fingerprint density at radius 3 is 2.37 bits per heavy atom. The number of carboxylic acids is 1. The Balaban J connectivity index is 2.48. The minimum atomic E-state index is -0.969. The minimum Gasteiger partial charge on any atom is -0.481 e. The van der Waals surface area contributed by atoms with Gasteiger partial charge in [-0.1, -0.05) is 30.3 Å². The van der Waals surface area contributed by atoms with Crippen LogP contribution < -0.4 is 5.32 Å². The summed E-state index contributed by atoms with van der Waals surface area (Å²) in [5, 5.41) is 11.6. The fraction of sp³-hybridized carbons (Fsp3) is 0.429. The van der Waals surface area contributed by atoms with Gasteiger partial charge in [-0.3, -0.25) is 4.79 Å². The van der Waals surface area contributed by atoms with Gasteiger partial charge in [-0.25, -0.2) is 4.79 Å². The van der Waals surface area contributed by atoms with Crippen LogP contribution in [0.3, 0.4) is 0 Å². The van der Waals surface area contributed by atoms with Crippen LogP contribution >= 0.6 is 0 Å². The van der Waals surface area contributed by atoms with Crippen LogP contribution in [0.25, 0.3) is 0 Å². The highest BCUT2D eigenvalue weighted by Crippen LogP contribution is 2.13. The zero-order valence-electron chi connectivity index (χ0n) is 11.5. The van der Waals surface area contributed by atoms with Gasteiger partial charge in [0, 0.05) is 20.1 Å². The quantitative estimate of drug-likeness (QED) is 0.854. The molecule has 0 bridgehead atoms. The third-order valence-electron chi connectivity index (χ3n) is 2.87. The number of carbonyl (C=O) groups is 2. The second-order valence-corrected chi connectivity index (χ2v) is 5.19. The van der Waals surface area contributed by atoms with Gasteiger partial charge < -0.3 is 15.3 Å². The van der Waals surface area contributed by atoms with E-state index in [4.69, 9.17) is 5.11 Å². The molecule has 0 heterocycles. The topological polar surface area (TPSA) is 69.6 Å². The first-order valence-corrected chi connectivity index (χ1v) is 6.09. The maximum absolute atomic E-state index is 11.8. The number of rotatable bonds is 5. The molecule has 0 atom stereocenters. The lowest BCUT2D eigenvalue weighted by Gasteiger charge is -2.23. The van der Waals surface area contributed by atoms with Crippen molar-refractivity contribution in [3.63, 3.8) is 0 Å². The van der Waals surface area contributed by atoms with Gasteiger partial charge in [-0.15, -0.1) is 0 Å². The van der Waals surface area contributed by atoms with Crippen molar-refractivity contribution >= 4 is 12.0 Å². The molecule has 0 aliphatic rings. The number of hydrogen-bond donors (Lipinski definition) is 2. The van der Waals surface area contributed by atoms with E-state index in [1.165, 1.54) is 4.90 Å². The Kier molecular flexibility index (Phi) is 4.92. The molecule has 1 aromatic rings. The van der Waals surface area contributed by atoms with E-state index < -0.39 is 11.4 Å². The predicted molar refractivity (Wildman–Crippen MR) is 72.7 cm³/mol. The van der Waals surface area contributed by atoms with Crippen molar-refractivity contribution in [2.75, 3.05) is 13.6 Å². The lowest BCUT2D eigenvalue weighted by atomic mass is 9.94. The number of benzene rings is 1. The van der Waals surface area contributed by atoms with E-state index in [0.29, 0.717) is 6.54 Å². The molecular weight excluding hydrogens is 244 g/mol. The highest BCUT2D eigenvalue weighted by molar-refractivity contribution is 5.77. The standard InChI is InChI=1S/C14H20N2O3/c1-14(2,12(17)18)10-15-13(19)16(3)9-11-7-5-4-6-8-11/h4-8H,9-10H2,1-3H3,(H,15,19)(H,17,18).